The Balaban J connectivity index is 2.03. The van der Waals surface area contributed by atoms with Crippen LogP contribution in [0, 0.1) is 12.7 Å². The van der Waals surface area contributed by atoms with Gasteiger partial charge >= 0.3 is 0 Å². The molecule has 0 fully saturated rings. The highest BCUT2D eigenvalue weighted by atomic mass is 19.1. The van der Waals surface area contributed by atoms with Gasteiger partial charge in [0.25, 0.3) is 0 Å². The normalized spacial score (nSPS) is 12.6. The van der Waals surface area contributed by atoms with Crippen molar-refractivity contribution in [2.75, 3.05) is 0 Å². The lowest BCUT2D eigenvalue weighted by molar-refractivity contribution is 0.541. The lowest BCUT2D eigenvalue weighted by Gasteiger charge is -2.14. The summed E-state index contributed by atoms with van der Waals surface area (Å²) in [7, 11) is 0. The summed E-state index contributed by atoms with van der Waals surface area (Å²) < 4.78 is 15.5. The summed E-state index contributed by atoms with van der Waals surface area (Å²) >= 11 is 0. The first-order valence-electron chi connectivity index (χ1n) is 6.62. The highest BCUT2D eigenvalue weighted by Crippen LogP contribution is 2.17. The van der Waals surface area contributed by atoms with E-state index in [1.165, 1.54) is 6.07 Å². The van der Waals surface area contributed by atoms with Gasteiger partial charge in [-0.25, -0.2) is 4.39 Å². The van der Waals surface area contributed by atoms with Crippen LogP contribution in [0.25, 0.3) is 0 Å². The zero-order valence-corrected chi connectivity index (χ0v) is 11.7. The summed E-state index contributed by atoms with van der Waals surface area (Å²) in [6.07, 6.45) is 1.89. The van der Waals surface area contributed by atoms with Crippen LogP contribution in [0.5, 0.6) is 0 Å². The molecule has 1 atom stereocenters. The average Bonchev–Trinajstić information content (AvgIpc) is 2.78. The molecule has 0 saturated heterocycles. The van der Waals surface area contributed by atoms with Gasteiger partial charge in [-0.1, -0.05) is 18.2 Å². The quantitative estimate of drug-likeness (QED) is 0.895. The van der Waals surface area contributed by atoms with Crippen LogP contribution in [0.1, 0.15) is 36.7 Å². The van der Waals surface area contributed by atoms with Crippen LogP contribution in [0.3, 0.4) is 0 Å². The minimum atomic E-state index is -0.164. The molecule has 0 bridgehead atoms. The number of hydrogen-bond acceptors (Lipinski definition) is 2. The molecule has 0 radical (unpaired) electrons. The Kier molecular flexibility index (Phi) is 4.32. The molecule has 0 aliphatic carbocycles. The number of benzene rings is 1. The zero-order chi connectivity index (χ0) is 13.8. The smallest absolute Gasteiger partial charge is 0.127 e. The second kappa shape index (κ2) is 5.97. The van der Waals surface area contributed by atoms with Crippen molar-refractivity contribution in [3.8, 4) is 0 Å². The van der Waals surface area contributed by atoms with Gasteiger partial charge in [-0.2, -0.15) is 5.10 Å². The Morgan fingerprint density at radius 1 is 1.37 bits per heavy atom. The second-order valence-corrected chi connectivity index (χ2v) is 4.70. The van der Waals surface area contributed by atoms with Gasteiger partial charge < -0.3 is 5.32 Å². The van der Waals surface area contributed by atoms with Crippen molar-refractivity contribution < 1.29 is 4.39 Å². The van der Waals surface area contributed by atoms with E-state index in [1.54, 1.807) is 12.1 Å². The lowest BCUT2D eigenvalue weighted by Crippen LogP contribution is -2.19. The van der Waals surface area contributed by atoms with Gasteiger partial charge in [0.2, 0.25) is 0 Å². The molecular formula is C15H20FN3. The predicted octanol–water partition coefficient (Wildman–Crippen LogP) is 3.20. The van der Waals surface area contributed by atoms with E-state index in [2.05, 4.69) is 31.2 Å². The molecule has 0 spiro atoms. The van der Waals surface area contributed by atoms with E-state index in [4.69, 9.17) is 0 Å². The fraction of sp³-hybridized carbons (Fsp3) is 0.400. The Labute approximate surface area is 113 Å². The Morgan fingerprint density at radius 3 is 2.74 bits per heavy atom. The van der Waals surface area contributed by atoms with E-state index in [1.807, 2.05) is 16.9 Å². The van der Waals surface area contributed by atoms with Crippen molar-refractivity contribution >= 4 is 0 Å². The van der Waals surface area contributed by atoms with Crippen molar-refractivity contribution in [1.29, 1.82) is 0 Å². The standard InChI is InChI=1S/C15H20FN3/c1-4-19-12(3)14(10-18-19)11(2)17-9-13-7-5-6-8-15(13)16/h5-8,10-11,17H,4,9H2,1-3H3. The number of nitrogens with zero attached hydrogens (tertiary/aromatic N) is 2. The average molecular weight is 261 g/mol. The number of nitrogens with one attached hydrogen (secondary N) is 1. The summed E-state index contributed by atoms with van der Waals surface area (Å²) in [6.45, 7) is 7.59. The first kappa shape index (κ1) is 13.7. The molecule has 1 heterocycles. The van der Waals surface area contributed by atoms with Gasteiger partial charge in [-0.3, -0.25) is 4.68 Å². The maximum Gasteiger partial charge on any atom is 0.127 e. The Hall–Kier alpha value is -1.68. The molecule has 0 aliphatic rings. The van der Waals surface area contributed by atoms with E-state index >= 15 is 0 Å². The minimum Gasteiger partial charge on any atom is -0.306 e. The van der Waals surface area contributed by atoms with Crippen LogP contribution in [-0.4, -0.2) is 9.78 Å². The van der Waals surface area contributed by atoms with Crippen LogP contribution in [0.4, 0.5) is 4.39 Å². The molecule has 0 aliphatic heterocycles. The molecule has 1 N–H and O–H groups in total. The van der Waals surface area contributed by atoms with Crippen molar-refractivity contribution in [3.05, 3.63) is 53.1 Å². The van der Waals surface area contributed by atoms with Crippen LogP contribution in [0.2, 0.25) is 0 Å². The highest BCUT2D eigenvalue weighted by molar-refractivity contribution is 5.21. The third-order valence-corrected chi connectivity index (χ3v) is 3.46. The third kappa shape index (κ3) is 3.01. The zero-order valence-electron chi connectivity index (χ0n) is 11.7. The summed E-state index contributed by atoms with van der Waals surface area (Å²) in [4.78, 5) is 0. The fourth-order valence-electron chi connectivity index (χ4n) is 2.22. The molecule has 1 aromatic carbocycles. The largest absolute Gasteiger partial charge is 0.306 e. The second-order valence-electron chi connectivity index (χ2n) is 4.70. The first-order chi connectivity index (χ1) is 9.13. The van der Waals surface area contributed by atoms with Crippen molar-refractivity contribution in [3.63, 3.8) is 0 Å². The minimum absolute atomic E-state index is 0.153. The Morgan fingerprint density at radius 2 is 2.11 bits per heavy atom. The molecule has 19 heavy (non-hydrogen) atoms. The van der Waals surface area contributed by atoms with E-state index in [0.29, 0.717) is 12.1 Å². The maximum atomic E-state index is 13.5. The van der Waals surface area contributed by atoms with Gasteiger partial charge in [-0.05, 0) is 26.8 Å². The summed E-state index contributed by atoms with van der Waals surface area (Å²) in [5, 5.41) is 7.67. The monoisotopic (exact) mass is 261 g/mol. The van der Waals surface area contributed by atoms with Gasteiger partial charge in [0.1, 0.15) is 5.82 Å². The molecule has 0 saturated carbocycles. The van der Waals surface area contributed by atoms with Crippen molar-refractivity contribution in [1.82, 2.24) is 15.1 Å². The topological polar surface area (TPSA) is 29.9 Å². The van der Waals surface area contributed by atoms with Gasteiger partial charge in [-0.15, -0.1) is 0 Å². The van der Waals surface area contributed by atoms with E-state index < -0.39 is 0 Å². The first-order valence-corrected chi connectivity index (χ1v) is 6.62. The fourth-order valence-corrected chi connectivity index (χ4v) is 2.22. The summed E-state index contributed by atoms with van der Waals surface area (Å²) in [5.41, 5.74) is 3.02. The molecule has 1 unspecified atom stereocenters. The molecule has 3 nitrogen and oxygen atoms in total. The van der Waals surface area contributed by atoms with Gasteiger partial charge in [0.05, 0.1) is 6.20 Å². The summed E-state index contributed by atoms with van der Waals surface area (Å²) in [6, 6.07) is 7.00. The molecular weight excluding hydrogens is 241 g/mol. The number of halogens is 1. The van der Waals surface area contributed by atoms with Crippen molar-refractivity contribution in [2.24, 2.45) is 0 Å². The molecule has 2 aromatic rings. The molecule has 102 valence electrons. The highest BCUT2D eigenvalue weighted by Gasteiger charge is 2.12. The van der Waals surface area contributed by atoms with Crippen molar-refractivity contribution in [2.45, 2.75) is 39.9 Å². The predicted molar refractivity (Wildman–Crippen MR) is 74.3 cm³/mol. The molecule has 4 heteroatoms. The third-order valence-electron chi connectivity index (χ3n) is 3.46. The van der Waals surface area contributed by atoms with Crippen LogP contribution >= 0.6 is 0 Å². The summed E-state index contributed by atoms with van der Waals surface area (Å²) in [5.74, 6) is -0.164. The van der Waals surface area contributed by atoms with Gasteiger partial charge in [0.15, 0.2) is 0 Å². The molecule has 2 rings (SSSR count). The number of aryl methyl sites for hydroxylation is 1. The number of rotatable bonds is 5. The van der Waals surface area contributed by atoms with Crippen LogP contribution in [-0.2, 0) is 13.1 Å². The van der Waals surface area contributed by atoms with E-state index in [9.17, 15) is 4.39 Å². The molecule has 1 aromatic heterocycles. The van der Waals surface area contributed by atoms with Crippen LogP contribution < -0.4 is 5.32 Å². The maximum absolute atomic E-state index is 13.5. The van der Waals surface area contributed by atoms with E-state index in [-0.39, 0.29) is 11.9 Å². The lowest BCUT2D eigenvalue weighted by atomic mass is 10.1. The SMILES string of the molecule is CCn1ncc(C(C)NCc2ccccc2F)c1C. The number of hydrogen-bond donors (Lipinski definition) is 1. The van der Waals surface area contributed by atoms with Crippen LogP contribution in [0.15, 0.2) is 30.5 Å². The van der Waals surface area contributed by atoms with Gasteiger partial charge in [0, 0.05) is 36.0 Å². The Bertz CT molecular complexity index is 548. The molecule has 0 amide bonds. The number of aromatic nitrogens is 2. The van der Waals surface area contributed by atoms with E-state index in [0.717, 1.165) is 17.8 Å².